The molecule has 0 heterocycles. The summed E-state index contributed by atoms with van der Waals surface area (Å²) in [6.07, 6.45) is -3.07. The van der Waals surface area contributed by atoms with E-state index in [0.717, 1.165) is 12.1 Å². The maximum Gasteiger partial charge on any atom is 0.416 e. The van der Waals surface area contributed by atoms with E-state index in [4.69, 9.17) is 5.26 Å². The van der Waals surface area contributed by atoms with E-state index in [2.05, 4.69) is 0 Å². The molecule has 106 valence electrons. The Kier molecular flexibility index (Phi) is 4.08. The van der Waals surface area contributed by atoms with E-state index in [1.54, 1.807) is 6.07 Å². The summed E-state index contributed by atoms with van der Waals surface area (Å²) in [5.74, 6) is -0.558. The molecule has 0 fully saturated rings. The molecule has 0 aliphatic rings. The van der Waals surface area contributed by atoms with E-state index in [0.29, 0.717) is 5.56 Å². The van der Waals surface area contributed by atoms with Crippen molar-refractivity contribution < 1.29 is 17.6 Å². The summed E-state index contributed by atoms with van der Waals surface area (Å²) in [4.78, 5) is 0. The molecule has 1 nitrogen and oxygen atoms in total. The van der Waals surface area contributed by atoms with Crippen molar-refractivity contribution in [3.05, 3.63) is 71.0 Å². The molecular formula is C16H9F4N. The van der Waals surface area contributed by atoms with Crippen LogP contribution < -0.4 is 0 Å². The first-order valence-electron chi connectivity index (χ1n) is 5.96. The van der Waals surface area contributed by atoms with Gasteiger partial charge in [0.15, 0.2) is 0 Å². The summed E-state index contributed by atoms with van der Waals surface area (Å²) in [5.41, 5.74) is -0.223. The molecular weight excluding hydrogens is 282 g/mol. The Morgan fingerprint density at radius 3 is 2.14 bits per heavy atom. The number of alkyl halides is 3. The molecule has 21 heavy (non-hydrogen) atoms. The lowest BCUT2D eigenvalue weighted by molar-refractivity contribution is -0.137. The highest BCUT2D eigenvalue weighted by Gasteiger charge is 2.29. The quantitative estimate of drug-likeness (QED) is 0.438. The second kappa shape index (κ2) is 5.80. The summed E-state index contributed by atoms with van der Waals surface area (Å²) < 4.78 is 51.0. The molecule has 0 atom stereocenters. The van der Waals surface area contributed by atoms with Gasteiger partial charge in [0.1, 0.15) is 5.82 Å². The van der Waals surface area contributed by atoms with Crippen LogP contribution in [0.25, 0.3) is 11.6 Å². The van der Waals surface area contributed by atoms with Crippen LogP contribution in [0.1, 0.15) is 16.7 Å². The first-order valence-corrected chi connectivity index (χ1v) is 5.96. The molecule has 0 aliphatic carbocycles. The van der Waals surface area contributed by atoms with Crippen LogP contribution >= 0.6 is 0 Å². The number of halogens is 4. The number of nitriles is 1. The molecule has 0 unspecified atom stereocenters. The molecule has 5 heteroatoms. The average Bonchev–Trinajstić information content (AvgIpc) is 2.45. The second-order valence-electron chi connectivity index (χ2n) is 4.27. The topological polar surface area (TPSA) is 23.8 Å². The van der Waals surface area contributed by atoms with Crippen molar-refractivity contribution in [1.29, 1.82) is 5.26 Å². The van der Waals surface area contributed by atoms with Crippen LogP contribution in [-0.2, 0) is 6.18 Å². The summed E-state index contributed by atoms with van der Waals surface area (Å²) in [6.45, 7) is 0. The Balaban J connectivity index is 2.38. The smallest absolute Gasteiger partial charge is 0.206 e. The second-order valence-corrected chi connectivity index (χ2v) is 4.27. The van der Waals surface area contributed by atoms with Crippen LogP contribution in [0, 0.1) is 17.1 Å². The Labute approximate surface area is 118 Å². The summed E-state index contributed by atoms with van der Waals surface area (Å²) in [7, 11) is 0. The molecule has 2 aromatic carbocycles. The predicted octanol–water partition coefficient (Wildman–Crippen LogP) is 4.91. The monoisotopic (exact) mass is 291 g/mol. The van der Waals surface area contributed by atoms with Gasteiger partial charge in [0.05, 0.1) is 17.2 Å². The molecule has 2 aromatic rings. The van der Waals surface area contributed by atoms with Gasteiger partial charge in [0, 0.05) is 5.56 Å². The number of nitrogens with zero attached hydrogens (tertiary/aromatic N) is 1. The van der Waals surface area contributed by atoms with E-state index in [-0.39, 0.29) is 11.1 Å². The molecule has 0 bridgehead atoms. The third kappa shape index (κ3) is 3.48. The lowest BCUT2D eigenvalue weighted by atomic mass is 10.0. The van der Waals surface area contributed by atoms with Crippen LogP contribution in [-0.4, -0.2) is 0 Å². The van der Waals surface area contributed by atoms with Gasteiger partial charge in [-0.2, -0.15) is 18.4 Å². The fourth-order valence-corrected chi connectivity index (χ4v) is 1.78. The summed E-state index contributed by atoms with van der Waals surface area (Å²) >= 11 is 0. The van der Waals surface area contributed by atoms with Crippen LogP contribution in [0.2, 0.25) is 0 Å². The molecule has 0 amide bonds. The average molecular weight is 291 g/mol. The van der Waals surface area contributed by atoms with Crippen molar-refractivity contribution in [3.63, 3.8) is 0 Å². The van der Waals surface area contributed by atoms with Gasteiger partial charge in [-0.15, -0.1) is 0 Å². The lowest BCUT2D eigenvalue weighted by Gasteiger charge is -2.06. The highest BCUT2D eigenvalue weighted by atomic mass is 19.4. The SMILES string of the molecule is N#CC(=Cc1ccc(C(F)(F)F)cc1)c1ccccc1F. The Bertz CT molecular complexity index is 706. The Hall–Kier alpha value is -2.61. The molecule has 0 spiro atoms. The van der Waals surface area contributed by atoms with Gasteiger partial charge >= 0.3 is 6.18 Å². The van der Waals surface area contributed by atoms with Crippen LogP contribution in [0.4, 0.5) is 17.6 Å². The van der Waals surface area contributed by atoms with E-state index >= 15 is 0 Å². The number of allylic oxidation sites excluding steroid dienone is 1. The minimum atomic E-state index is -4.41. The minimum absolute atomic E-state index is 0.0489. The highest BCUT2D eigenvalue weighted by molar-refractivity contribution is 5.89. The number of benzene rings is 2. The van der Waals surface area contributed by atoms with Gasteiger partial charge in [-0.3, -0.25) is 0 Å². The maximum absolute atomic E-state index is 13.6. The zero-order valence-electron chi connectivity index (χ0n) is 10.7. The van der Waals surface area contributed by atoms with Crippen molar-refractivity contribution in [2.24, 2.45) is 0 Å². The van der Waals surface area contributed by atoms with Crippen LogP contribution in [0.5, 0.6) is 0 Å². The van der Waals surface area contributed by atoms with Gasteiger partial charge in [-0.05, 0) is 29.8 Å². The van der Waals surface area contributed by atoms with Crippen molar-refractivity contribution >= 4 is 11.6 Å². The van der Waals surface area contributed by atoms with Crippen molar-refractivity contribution in [3.8, 4) is 6.07 Å². The molecule has 0 radical (unpaired) electrons. The Morgan fingerprint density at radius 1 is 1.00 bits per heavy atom. The van der Waals surface area contributed by atoms with Gasteiger partial charge in [0.2, 0.25) is 0 Å². The molecule has 0 saturated carbocycles. The van der Waals surface area contributed by atoms with Gasteiger partial charge in [-0.25, -0.2) is 4.39 Å². The molecule has 0 saturated heterocycles. The predicted molar refractivity (Wildman–Crippen MR) is 71.3 cm³/mol. The fourth-order valence-electron chi connectivity index (χ4n) is 1.78. The van der Waals surface area contributed by atoms with E-state index < -0.39 is 17.6 Å². The largest absolute Gasteiger partial charge is 0.416 e. The molecule has 0 aliphatic heterocycles. The minimum Gasteiger partial charge on any atom is -0.206 e. The van der Waals surface area contributed by atoms with Gasteiger partial charge in [-0.1, -0.05) is 30.3 Å². The maximum atomic E-state index is 13.6. The third-order valence-electron chi connectivity index (χ3n) is 2.83. The highest BCUT2D eigenvalue weighted by Crippen LogP contribution is 2.29. The van der Waals surface area contributed by atoms with E-state index in [1.165, 1.54) is 36.4 Å². The van der Waals surface area contributed by atoms with Crippen molar-refractivity contribution in [2.75, 3.05) is 0 Å². The zero-order valence-corrected chi connectivity index (χ0v) is 10.7. The van der Waals surface area contributed by atoms with E-state index in [9.17, 15) is 17.6 Å². The number of hydrogen-bond acceptors (Lipinski definition) is 1. The Morgan fingerprint density at radius 2 is 1.62 bits per heavy atom. The first kappa shape index (κ1) is 14.8. The van der Waals surface area contributed by atoms with Gasteiger partial charge < -0.3 is 0 Å². The number of hydrogen-bond donors (Lipinski definition) is 0. The zero-order chi connectivity index (χ0) is 15.5. The fraction of sp³-hybridized carbons (Fsp3) is 0.0625. The first-order chi connectivity index (χ1) is 9.91. The summed E-state index contributed by atoms with van der Waals surface area (Å²) in [6, 6.07) is 11.9. The van der Waals surface area contributed by atoms with Crippen LogP contribution in [0.15, 0.2) is 48.5 Å². The van der Waals surface area contributed by atoms with Crippen molar-refractivity contribution in [2.45, 2.75) is 6.18 Å². The standard InChI is InChI=1S/C16H9F4N/c17-15-4-2-1-3-14(15)12(10-21)9-11-5-7-13(8-6-11)16(18,19)20/h1-9H. The normalized spacial score (nSPS) is 12.0. The molecule has 2 rings (SSSR count). The third-order valence-corrected chi connectivity index (χ3v) is 2.83. The molecule has 0 N–H and O–H groups in total. The van der Waals surface area contributed by atoms with E-state index in [1.807, 2.05) is 6.07 Å². The van der Waals surface area contributed by atoms with Gasteiger partial charge in [0.25, 0.3) is 0 Å². The lowest BCUT2D eigenvalue weighted by Crippen LogP contribution is -2.04. The molecule has 0 aromatic heterocycles. The number of rotatable bonds is 2. The van der Waals surface area contributed by atoms with Crippen LogP contribution in [0.3, 0.4) is 0 Å². The summed E-state index contributed by atoms with van der Waals surface area (Å²) in [5, 5.41) is 9.08. The van der Waals surface area contributed by atoms with Crippen molar-refractivity contribution in [1.82, 2.24) is 0 Å².